The zero-order chi connectivity index (χ0) is 19.6. The second kappa shape index (κ2) is 6.02. The minimum Gasteiger partial charge on any atom is -0.451 e. The molecule has 0 aromatic carbocycles. The van der Waals surface area contributed by atoms with Gasteiger partial charge in [0.1, 0.15) is 5.78 Å². The van der Waals surface area contributed by atoms with Crippen LogP contribution in [0.3, 0.4) is 0 Å². The van der Waals surface area contributed by atoms with Gasteiger partial charge in [-0.2, -0.15) is 0 Å². The van der Waals surface area contributed by atoms with E-state index in [1.807, 2.05) is 0 Å². The fraction of sp³-hybridized carbons (Fsp3) is 0.783. The van der Waals surface area contributed by atoms with Gasteiger partial charge < -0.3 is 4.74 Å². The number of ketones is 2. The summed E-state index contributed by atoms with van der Waals surface area (Å²) in [6.45, 7) is 7.57. The summed E-state index contributed by atoms with van der Waals surface area (Å²) in [6, 6.07) is 0. The maximum absolute atomic E-state index is 12.7. The van der Waals surface area contributed by atoms with Gasteiger partial charge in [-0.25, -0.2) is 0 Å². The molecule has 3 unspecified atom stereocenters. The maximum atomic E-state index is 12.7. The summed E-state index contributed by atoms with van der Waals surface area (Å²) < 4.78 is 5.81. The van der Waals surface area contributed by atoms with Gasteiger partial charge in [0.2, 0.25) is 0 Å². The Morgan fingerprint density at radius 2 is 1.78 bits per heavy atom. The highest BCUT2D eigenvalue weighted by atomic mass is 16.6. The number of esters is 1. The van der Waals surface area contributed by atoms with Crippen LogP contribution in [0.4, 0.5) is 0 Å². The lowest BCUT2D eigenvalue weighted by molar-refractivity contribution is -0.186. The quantitative estimate of drug-likeness (QED) is 0.532. The molecule has 0 N–H and O–H groups in total. The molecule has 148 valence electrons. The third kappa shape index (κ3) is 2.44. The zero-order valence-corrected chi connectivity index (χ0v) is 17.1. The molecule has 0 amide bonds. The topological polar surface area (TPSA) is 60.4 Å². The molecule has 4 aliphatic rings. The van der Waals surface area contributed by atoms with Crippen molar-refractivity contribution in [1.82, 2.24) is 0 Å². The van der Waals surface area contributed by atoms with Crippen molar-refractivity contribution in [3.05, 3.63) is 11.6 Å². The van der Waals surface area contributed by atoms with Crippen LogP contribution in [0.5, 0.6) is 0 Å². The summed E-state index contributed by atoms with van der Waals surface area (Å²) in [5.41, 5.74) is 0.250. The Bertz CT molecular complexity index is 737. The number of fused-ring (bicyclic) bond motifs is 5. The van der Waals surface area contributed by atoms with Crippen molar-refractivity contribution in [3.8, 4) is 0 Å². The van der Waals surface area contributed by atoms with Crippen LogP contribution in [0.15, 0.2) is 11.6 Å². The molecule has 3 fully saturated rings. The van der Waals surface area contributed by atoms with E-state index < -0.39 is 5.60 Å². The first-order valence-corrected chi connectivity index (χ1v) is 10.6. The lowest BCUT2D eigenvalue weighted by Crippen LogP contribution is -2.58. The molecular weight excluding hydrogens is 340 g/mol. The molecule has 0 heterocycles. The second-order valence-corrected chi connectivity index (χ2v) is 9.95. The molecule has 4 aliphatic carbocycles. The molecule has 0 bridgehead atoms. The van der Waals surface area contributed by atoms with E-state index in [-0.39, 0.29) is 22.6 Å². The van der Waals surface area contributed by atoms with Gasteiger partial charge in [0.25, 0.3) is 0 Å². The summed E-state index contributed by atoms with van der Waals surface area (Å²) in [5, 5.41) is 0. The van der Waals surface area contributed by atoms with E-state index in [1.54, 1.807) is 6.92 Å². The van der Waals surface area contributed by atoms with Crippen molar-refractivity contribution in [2.24, 2.45) is 28.6 Å². The molecule has 3 saturated carbocycles. The molecule has 6 atom stereocenters. The number of ether oxygens (including phenoxy) is 1. The Balaban J connectivity index is 1.71. The van der Waals surface area contributed by atoms with Crippen molar-refractivity contribution in [2.75, 3.05) is 0 Å². The number of Topliss-reactive ketones (excluding diaryl/α,β-unsaturated/α-hetero) is 2. The summed E-state index contributed by atoms with van der Waals surface area (Å²) in [6.07, 6.45) is 9.19. The SMILES string of the molecule is CC(=O)O[C@]1(C(C)=O)CCC2C3CC=C4CC(=O)CC[C@]4(C)C3CC[C@@]21C. The minimum absolute atomic E-state index is 0.00247. The van der Waals surface area contributed by atoms with Crippen LogP contribution in [0.1, 0.15) is 79.1 Å². The highest BCUT2D eigenvalue weighted by Gasteiger charge is 2.67. The molecule has 0 aliphatic heterocycles. The van der Waals surface area contributed by atoms with Gasteiger partial charge >= 0.3 is 5.97 Å². The molecule has 4 heteroatoms. The maximum Gasteiger partial charge on any atom is 0.303 e. The van der Waals surface area contributed by atoms with Crippen molar-refractivity contribution >= 4 is 17.5 Å². The van der Waals surface area contributed by atoms with Crippen molar-refractivity contribution in [2.45, 2.75) is 84.7 Å². The average Bonchev–Trinajstić information content (AvgIpc) is 2.89. The van der Waals surface area contributed by atoms with E-state index in [4.69, 9.17) is 4.74 Å². The number of carbonyl (C=O) groups is 3. The molecule has 0 aromatic rings. The molecular formula is C23H32O4. The van der Waals surface area contributed by atoms with E-state index in [0.717, 1.165) is 32.1 Å². The Labute approximate surface area is 162 Å². The third-order valence-corrected chi connectivity index (χ3v) is 8.94. The Hall–Kier alpha value is -1.45. The fourth-order valence-electron chi connectivity index (χ4n) is 7.54. The molecule has 0 saturated heterocycles. The molecule has 0 aromatic heterocycles. The summed E-state index contributed by atoms with van der Waals surface area (Å²) in [5.74, 6) is 1.52. The van der Waals surface area contributed by atoms with Gasteiger partial charge in [-0.1, -0.05) is 25.5 Å². The molecule has 4 rings (SSSR count). The highest BCUT2D eigenvalue weighted by Crippen LogP contribution is 2.67. The van der Waals surface area contributed by atoms with E-state index in [1.165, 1.54) is 12.5 Å². The van der Waals surface area contributed by atoms with Crippen LogP contribution in [0, 0.1) is 28.6 Å². The van der Waals surface area contributed by atoms with Crippen LogP contribution in [-0.2, 0) is 19.1 Å². The van der Waals surface area contributed by atoms with Crippen LogP contribution in [-0.4, -0.2) is 23.1 Å². The first kappa shape index (κ1) is 18.9. The van der Waals surface area contributed by atoms with Gasteiger partial charge in [0, 0.05) is 25.2 Å². The fourth-order valence-corrected chi connectivity index (χ4v) is 7.54. The Kier molecular flexibility index (Phi) is 4.21. The van der Waals surface area contributed by atoms with Gasteiger partial charge in [0.15, 0.2) is 11.4 Å². The zero-order valence-electron chi connectivity index (χ0n) is 17.1. The van der Waals surface area contributed by atoms with Crippen LogP contribution in [0.2, 0.25) is 0 Å². The number of hydrogen-bond donors (Lipinski definition) is 0. The monoisotopic (exact) mass is 372 g/mol. The van der Waals surface area contributed by atoms with Crippen LogP contribution in [0.25, 0.3) is 0 Å². The molecule has 0 radical (unpaired) electrons. The normalized spacial score (nSPS) is 46.0. The number of allylic oxidation sites excluding steroid dienone is 2. The predicted octanol–water partition coefficient (Wildman–Crippen LogP) is 4.41. The smallest absolute Gasteiger partial charge is 0.303 e. The van der Waals surface area contributed by atoms with Crippen LogP contribution >= 0.6 is 0 Å². The standard InChI is InChI=1S/C23H32O4/c1-14(24)23(27-15(2)25)12-9-20-18-6-5-16-13-17(26)7-10-21(16,3)19(18)8-11-22(20,23)4/h5,18-20H,6-13H2,1-4H3/t18?,19?,20?,21-,22-,23-/m0/s1. The highest BCUT2D eigenvalue weighted by molar-refractivity contribution is 5.89. The van der Waals surface area contributed by atoms with Crippen molar-refractivity contribution in [3.63, 3.8) is 0 Å². The van der Waals surface area contributed by atoms with E-state index >= 15 is 0 Å². The van der Waals surface area contributed by atoms with Gasteiger partial charge in [-0.15, -0.1) is 0 Å². The van der Waals surface area contributed by atoms with Gasteiger partial charge in [-0.05, 0) is 68.6 Å². The summed E-state index contributed by atoms with van der Waals surface area (Å²) in [7, 11) is 0. The van der Waals surface area contributed by atoms with E-state index in [2.05, 4.69) is 19.9 Å². The second-order valence-electron chi connectivity index (χ2n) is 9.95. The van der Waals surface area contributed by atoms with Gasteiger partial charge in [0.05, 0.1) is 0 Å². The number of carbonyl (C=O) groups excluding carboxylic acids is 3. The summed E-state index contributed by atoms with van der Waals surface area (Å²) in [4.78, 5) is 36.6. The minimum atomic E-state index is -0.956. The van der Waals surface area contributed by atoms with Crippen molar-refractivity contribution in [1.29, 1.82) is 0 Å². The predicted molar refractivity (Wildman–Crippen MR) is 102 cm³/mol. The number of hydrogen-bond acceptors (Lipinski definition) is 4. The molecule has 27 heavy (non-hydrogen) atoms. The van der Waals surface area contributed by atoms with E-state index in [0.29, 0.717) is 42.8 Å². The average molecular weight is 373 g/mol. The first-order valence-electron chi connectivity index (χ1n) is 10.6. The Morgan fingerprint density at radius 1 is 1.07 bits per heavy atom. The molecule has 4 nitrogen and oxygen atoms in total. The Morgan fingerprint density at radius 3 is 2.44 bits per heavy atom. The number of rotatable bonds is 2. The summed E-state index contributed by atoms with van der Waals surface area (Å²) >= 11 is 0. The third-order valence-electron chi connectivity index (χ3n) is 8.94. The lowest BCUT2D eigenvalue weighted by Gasteiger charge is -2.58. The first-order chi connectivity index (χ1) is 12.6. The van der Waals surface area contributed by atoms with E-state index in [9.17, 15) is 14.4 Å². The largest absolute Gasteiger partial charge is 0.451 e. The lowest BCUT2D eigenvalue weighted by atomic mass is 9.47. The van der Waals surface area contributed by atoms with Crippen LogP contribution < -0.4 is 0 Å². The molecule has 0 spiro atoms. The van der Waals surface area contributed by atoms with Gasteiger partial charge in [-0.3, -0.25) is 14.4 Å². The van der Waals surface area contributed by atoms with Crippen molar-refractivity contribution < 1.29 is 19.1 Å².